The topological polar surface area (TPSA) is 76.1 Å². The fraction of sp³-hybridized carbons (Fsp3) is 0.207. The predicted octanol–water partition coefficient (Wildman–Crippen LogP) is 3.98. The number of para-hydroxylation sites is 1. The summed E-state index contributed by atoms with van der Waals surface area (Å²) >= 11 is 0. The van der Waals surface area contributed by atoms with Crippen LogP contribution in [0.5, 0.6) is 11.5 Å². The normalized spacial score (nSPS) is 23.8. The molecule has 2 saturated heterocycles. The number of rotatable bonds is 5. The number of Topliss-reactive ketones (excluding diaryl/α,β-unsaturated/α-hetero) is 1. The van der Waals surface area contributed by atoms with E-state index in [9.17, 15) is 14.4 Å². The number of ether oxygens (including phenoxy) is 2. The molecule has 4 atom stereocenters. The Kier molecular flexibility index (Phi) is 5.14. The average Bonchev–Trinajstić information content (AvgIpc) is 3.41. The van der Waals surface area contributed by atoms with Gasteiger partial charge in [-0.05, 0) is 60.2 Å². The number of anilines is 2. The highest BCUT2D eigenvalue weighted by Gasteiger charge is 2.64. The Hall–Kier alpha value is -4.39. The Bertz CT molecular complexity index is 1400. The minimum atomic E-state index is -0.820. The summed E-state index contributed by atoms with van der Waals surface area (Å²) in [6, 6.07) is 20.2. The average molecular weight is 481 g/mol. The summed E-state index contributed by atoms with van der Waals surface area (Å²) in [5, 5.41) is 0. The first-order valence-corrected chi connectivity index (χ1v) is 11.8. The summed E-state index contributed by atoms with van der Waals surface area (Å²) in [6.45, 7) is 0. The summed E-state index contributed by atoms with van der Waals surface area (Å²) in [5.74, 6) is -1.06. The quantitative estimate of drug-likeness (QED) is 0.406. The molecule has 36 heavy (non-hydrogen) atoms. The SMILES string of the molecule is COc1ccc(C(=O)[C@@H]2[C@@H]3C(=O)N(c4ccc(OC)cc4)C(=O)[C@@H]3[C@H]3C=Cc4ccccc4N32)cc1. The molecule has 0 N–H and O–H groups in total. The minimum absolute atomic E-state index is 0.196. The van der Waals surface area contributed by atoms with Gasteiger partial charge in [-0.25, -0.2) is 4.90 Å². The van der Waals surface area contributed by atoms with Crippen molar-refractivity contribution in [2.75, 3.05) is 24.0 Å². The molecule has 3 aliphatic heterocycles. The lowest BCUT2D eigenvalue weighted by Crippen LogP contribution is -2.48. The summed E-state index contributed by atoms with van der Waals surface area (Å²) in [5.41, 5.74) is 2.74. The van der Waals surface area contributed by atoms with Gasteiger partial charge in [0.1, 0.15) is 17.5 Å². The largest absolute Gasteiger partial charge is 0.497 e. The number of amides is 2. The van der Waals surface area contributed by atoms with Gasteiger partial charge in [0.05, 0.1) is 37.8 Å². The number of ketones is 1. The Morgan fingerprint density at radius 2 is 1.39 bits per heavy atom. The second kappa shape index (κ2) is 8.37. The van der Waals surface area contributed by atoms with Crippen LogP contribution >= 0.6 is 0 Å². The number of carbonyl (C=O) groups excluding carboxylic acids is 3. The van der Waals surface area contributed by atoms with Crippen molar-refractivity contribution in [3.63, 3.8) is 0 Å². The molecule has 6 rings (SSSR count). The number of hydrogen-bond donors (Lipinski definition) is 0. The van der Waals surface area contributed by atoms with E-state index in [1.165, 1.54) is 4.90 Å². The molecule has 2 fully saturated rings. The second-order valence-corrected chi connectivity index (χ2v) is 9.11. The van der Waals surface area contributed by atoms with Crippen LogP contribution in [-0.4, -0.2) is 43.9 Å². The van der Waals surface area contributed by atoms with Crippen molar-refractivity contribution in [2.24, 2.45) is 11.8 Å². The molecule has 3 aliphatic rings. The number of carbonyl (C=O) groups is 3. The van der Waals surface area contributed by atoms with E-state index in [4.69, 9.17) is 9.47 Å². The first-order chi connectivity index (χ1) is 17.5. The summed E-state index contributed by atoms with van der Waals surface area (Å²) in [6.07, 6.45) is 3.92. The third kappa shape index (κ3) is 3.16. The number of benzene rings is 3. The van der Waals surface area contributed by atoms with Crippen LogP contribution in [0.3, 0.4) is 0 Å². The van der Waals surface area contributed by atoms with Crippen LogP contribution in [-0.2, 0) is 9.59 Å². The molecule has 180 valence electrons. The molecule has 3 aromatic carbocycles. The Balaban J connectivity index is 1.46. The van der Waals surface area contributed by atoms with Crippen molar-refractivity contribution in [3.05, 3.63) is 90.0 Å². The van der Waals surface area contributed by atoms with E-state index < -0.39 is 23.9 Å². The van der Waals surface area contributed by atoms with Gasteiger partial charge in [-0.3, -0.25) is 14.4 Å². The molecule has 0 bridgehead atoms. The van der Waals surface area contributed by atoms with Crippen molar-refractivity contribution in [2.45, 2.75) is 12.1 Å². The van der Waals surface area contributed by atoms with Crippen LogP contribution in [0.2, 0.25) is 0 Å². The molecule has 7 nitrogen and oxygen atoms in total. The molecule has 3 heterocycles. The fourth-order valence-corrected chi connectivity index (χ4v) is 5.73. The van der Waals surface area contributed by atoms with Crippen molar-refractivity contribution in [1.82, 2.24) is 0 Å². The van der Waals surface area contributed by atoms with Crippen LogP contribution in [0, 0.1) is 11.8 Å². The molecule has 0 unspecified atom stereocenters. The van der Waals surface area contributed by atoms with Crippen LogP contribution < -0.4 is 19.3 Å². The molecule has 0 aliphatic carbocycles. The van der Waals surface area contributed by atoms with E-state index in [0.717, 1.165) is 11.3 Å². The lowest BCUT2D eigenvalue weighted by atomic mass is 9.86. The zero-order chi connectivity index (χ0) is 25.0. The van der Waals surface area contributed by atoms with E-state index in [0.29, 0.717) is 22.7 Å². The maximum absolute atomic E-state index is 14.0. The van der Waals surface area contributed by atoms with Gasteiger partial charge in [-0.1, -0.05) is 30.4 Å². The molecule has 0 spiro atoms. The summed E-state index contributed by atoms with van der Waals surface area (Å²) in [4.78, 5) is 44.9. The maximum atomic E-state index is 14.0. The van der Waals surface area contributed by atoms with Gasteiger partial charge in [-0.15, -0.1) is 0 Å². The molecule has 0 radical (unpaired) electrons. The predicted molar refractivity (Wildman–Crippen MR) is 135 cm³/mol. The van der Waals surface area contributed by atoms with Gasteiger partial charge < -0.3 is 14.4 Å². The maximum Gasteiger partial charge on any atom is 0.240 e. The van der Waals surface area contributed by atoms with E-state index in [1.54, 1.807) is 62.8 Å². The Morgan fingerprint density at radius 1 is 0.778 bits per heavy atom. The standard InChI is InChI=1S/C29H24N2O5/c1-35-20-12-7-18(8-13-20)27(32)26-25-24(23-16-9-17-5-3-4-6-22(17)31(23)26)28(33)30(29(25)34)19-10-14-21(36-2)15-11-19/h3-16,23-26H,1-2H3/t23-,24-,25-,26+/m1/s1. The highest BCUT2D eigenvalue weighted by molar-refractivity contribution is 6.25. The zero-order valence-electron chi connectivity index (χ0n) is 19.8. The summed E-state index contributed by atoms with van der Waals surface area (Å²) in [7, 11) is 3.12. The van der Waals surface area contributed by atoms with Crippen molar-refractivity contribution < 1.29 is 23.9 Å². The third-order valence-corrected chi connectivity index (χ3v) is 7.39. The van der Waals surface area contributed by atoms with Gasteiger partial charge >= 0.3 is 0 Å². The van der Waals surface area contributed by atoms with Crippen molar-refractivity contribution >= 4 is 35.0 Å². The summed E-state index contributed by atoms with van der Waals surface area (Å²) < 4.78 is 10.5. The van der Waals surface area contributed by atoms with Gasteiger partial charge in [-0.2, -0.15) is 0 Å². The van der Waals surface area contributed by atoms with Gasteiger partial charge in [0.15, 0.2) is 5.78 Å². The van der Waals surface area contributed by atoms with Crippen LogP contribution in [0.1, 0.15) is 15.9 Å². The molecule has 0 saturated carbocycles. The Morgan fingerprint density at radius 3 is 2.06 bits per heavy atom. The van der Waals surface area contributed by atoms with Crippen molar-refractivity contribution in [3.8, 4) is 11.5 Å². The van der Waals surface area contributed by atoms with E-state index >= 15 is 0 Å². The first kappa shape index (κ1) is 22.1. The number of methoxy groups -OCH3 is 2. The van der Waals surface area contributed by atoms with E-state index in [-0.39, 0.29) is 17.6 Å². The molecular weight excluding hydrogens is 456 g/mol. The first-order valence-electron chi connectivity index (χ1n) is 11.8. The number of hydrogen-bond acceptors (Lipinski definition) is 6. The minimum Gasteiger partial charge on any atom is -0.497 e. The van der Waals surface area contributed by atoms with Gasteiger partial charge in [0.25, 0.3) is 0 Å². The van der Waals surface area contributed by atoms with Crippen molar-refractivity contribution in [1.29, 1.82) is 0 Å². The van der Waals surface area contributed by atoms with Crippen LogP contribution in [0.25, 0.3) is 6.08 Å². The second-order valence-electron chi connectivity index (χ2n) is 9.11. The molecule has 2 amide bonds. The molecule has 0 aromatic heterocycles. The third-order valence-electron chi connectivity index (χ3n) is 7.39. The number of nitrogens with zero attached hydrogens (tertiary/aromatic N) is 2. The molecule has 3 aromatic rings. The Labute approximate surface area is 208 Å². The molecular formula is C29H24N2O5. The van der Waals surface area contributed by atoms with Crippen LogP contribution in [0.15, 0.2) is 78.9 Å². The lowest BCUT2D eigenvalue weighted by Gasteiger charge is -2.36. The highest BCUT2D eigenvalue weighted by Crippen LogP contribution is 2.49. The molecule has 7 heteroatoms. The van der Waals surface area contributed by atoms with Crippen LogP contribution in [0.4, 0.5) is 11.4 Å². The highest BCUT2D eigenvalue weighted by atomic mass is 16.5. The van der Waals surface area contributed by atoms with E-state index in [1.807, 2.05) is 41.3 Å². The smallest absolute Gasteiger partial charge is 0.240 e. The van der Waals surface area contributed by atoms with Gasteiger partial charge in [0, 0.05) is 11.3 Å². The number of imide groups is 1. The van der Waals surface area contributed by atoms with Gasteiger partial charge in [0.2, 0.25) is 11.8 Å². The zero-order valence-corrected chi connectivity index (χ0v) is 19.8. The fourth-order valence-electron chi connectivity index (χ4n) is 5.73. The monoisotopic (exact) mass is 480 g/mol. The lowest BCUT2D eigenvalue weighted by molar-refractivity contribution is -0.122. The van der Waals surface area contributed by atoms with E-state index in [2.05, 4.69) is 0 Å². The number of fused-ring (bicyclic) bond motifs is 5.